The van der Waals surface area contributed by atoms with Crippen molar-refractivity contribution in [2.24, 2.45) is 0 Å². The first-order valence-electron chi connectivity index (χ1n) is 8.41. The highest BCUT2D eigenvalue weighted by atomic mass is 79.9. The number of rotatable bonds is 8. The summed E-state index contributed by atoms with van der Waals surface area (Å²) < 4.78 is 2.07. The Morgan fingerprint density at radius 3 is 2.56 bits per heavy atom. The van der Waals surface area contributed by atoms with E-state index in [1.165, 1.54) is 5.56 Å². The van der Waals surface area contributed by atoms with E-state index in [-0.39, 0.29) is 5.91 Å². The van der Waals surface area contributed by atoms with Crippen LogP contribution in [0.5, 0.6) is 0 Å². The summed E-state index contributed by atoms with van der Waals surface area (Å²) in [7, 11) is 0. The van der Waals surface area contributed by atoms with Gasteiger partial charge in [-0.3, -0.25) is 4.79 Å². The normalized spacial score (nSPS) is 10.7. The number of nitrogens with one attached hydrogen (secondary N) is 1. The minimum Gasteiger partial charge on any atom is -0.355 e. The summed E-state index contributed by atoms with van der Waals surface area (Å²) in [6.45, 7) is 0.607. The van der Waals surface area contributed by atoms with Crippen molar-refractivity contribution in [2.75, 3.05) is 6.54 Å². The molecule has 27 heavy (non-hydrogen) atoms. The zero-order valence-corrected chi connectivity index (χ0v) is 18.4. The molecule has 3 nitrogen and oxygen atoms in total. The van der Waals surface area contributed by atoms with E-state index in [0.717, 1.165) is 37.3 Å². The summed E-state index contributed by atoms with van der Waals surface area (Å²) in [5.74, 6) is 0.867. The van der Waals surface area contributed by atoms with Crippen LogP contribution in [0.2, 0.25) is 5.02 Å². The van der Waals surface area contributed by atoms with Crippen LogP contribution in [-0.4, -0.2) is 17.4 Å². The summed E-state index contributed by atoms with van der Waals surface area (Å²) >= 11 is 12.6. The lowest BCUT2D eigenvalue weighted by Crippen LogP contribution is -2.27. The van der Waals surface area contributed by atoms with E-state index in [0.29, 0.717) is 13.0 Å². The van der Waals surface area contributed by atoms with Crippen LogP contribution >= 0.6 is 50.6 Å². The van der Waals surface area contributed by atoms with Gasteiger partial charge < -0.3 is 5.32 Å². The monoisotopic (exact) mass is 480 g/mol. The van der Waals surface area contributed by atoms with Crippen LogP contribution in [0, 0.1) is 0 Å². The SMILES string of the molecule is O=C(Cc1csc(SCc2ccc(Br)cc2)n1)NCCc1ccc(Cl)cc1. The largest absolute Gasteiger partial charge is 0.355 e. The Kier molecular flexibility index (Phi) is 7.76. The zero-order chi connectivity index (χ0) is 19.1. The topological polar surface area (TPSA) is 42.0 Å². The molecule has 0 bridgehead atoms. The fourth-order valence-corrected chi connectivity index (χ4v) is 4.58. The number of carbonyl (C=O) groups is 1. The van der Waals surface area contributed by atoms with Gasteiger partial charge in [-0.25, -0.2) is 4.98 Å². The summed E-state index contributed by atoms with van der Waals surface area (Å²) in [5.41, 5.74) is 3.22. The summed E-state index contributed by atoms with van der Waals surface area (Å²) in [4.78, 5) is 16.7. The molecule has 0 aliphatic rings. The predicted molar refractivity (Wildman–Crippen MR) is 118 cm³/mol. The van der Waals surface area contributed by atoms with E-state index in [1.54, 1.807) is 23.1 Å². The molecule has 1 N–H and O–H groups in total. The van der Waals surface area contributed by atoms with Crippen molar-refractivity contribution in [1.82, 2.24) is 10.3 Å². The predicted octanol–water partition coefficient (Wildman–Crippen LogP) is 5.75. The number of nitrogens with zero attached hydrogens (tertiary/aromatic N) is 1. The Morgan fingerprint density at radius 1 is 1.11 bits per heavy atom. The number of thioether (sulfide) groups is 1. The van der Waals surface area contributed by atoms with E-state index in [4.69, 9.17) is 11.6 Å². The number of hydrogen-bond donors (Lipinski definition) is 1. The van der Waals surface area contributed by atoms with Gasteiger partial charge in [0.2, 0.25) is 5.91 Å². The van der Waals surface area contributed by atoms with Gasteiger partial charge in [-0.05, 0) is 41.8 Å². The van der Waals surface area contributed by atoms with Crippen molar-refractivity contribution in [3.05, 3.63) is 80.2 Å². The van der Waals surface area contributed by atoms with Crippen LogP contribution in [-0.2, 0) is 23.4 Å². The lowest BCUT2D eigenvalue weighted by molar-refractivity contribution is -0.120. The van der Waals surface area contributed by atoms with Gasteiger partial charge in [-0.15, -0.1) is 11.3 Å². The second-order valence-corrected chi connectivity index (χ2v) is 9.36. The van der Waals surface area contributed by atoms with E-state index in [2.05, 4.69) is 38.4 Å². The molecule has 140 valence electrons. The molecular formula is C20H18BrClN2OS2. The third-order valence-electron chi connectivity index (χ3n) is 3.80. The fraction of sp³-hybridized carbons (Fsp3) is 0.200. The third kappa shape index (κ3) is 6.96. The minimum absolute atomic E-state index is 0.00118. The maximum absolute atomic E-state index is 12.1. The van der Waals surface area contributed by atoms with Crippen molar-refractivity contribution in [3.8, 4) is 0 Å². The van der Waals surface area contributed by atoms with Crippen LogP contribution < -0.4 is 5.32 Å². The summed E-state index contributed by atoms with van der Waals surface area (Å²) in [5, 5.41) is 5.63. The second kappa shape index (κ2) is 10.3. The molecule has 0 atom stereocenters. The zero-order valence-electron chi connectivity index (χ0n) is 14.5. The molecule has 7 heteroatoms. The molecule has 0 radical (unpaired) electrons. The molecule has 1 heterocycles. The van der Waals surface area contributed by atoms with Gasteiger partial charge in [-0.1, -0.05) is 63.6 Å². The number of thiazole rings is 1. The molecule has 0 aliphatic heterocycles. The highest BCUT2D eigenvalue weighted by molar-refractivity contribution is 9.10. The van der Waals surface area contributed by atoms with Crippen molar-refractivity contribution in [1.29, 1.82) is 0 Å². The van der Waals surface area contributed by atoms with Crippen molar-refractivity contribution in [3.63, 3.8) is 0 Å². The van der Waals surface area contributed by atoms with Gasteiger partial charge in [0.1, 0.15) is 4.34 Å². The van der Waals surface area contributed by atoms with Crippen LogP contribution in [0.4, 0.5) is 0 Å². The van der Waals surface area contributed by atoms with E-state index >= 15 is 0 Å². The summed E-state index contributed by atoms with van der Waals surface area (Å²) in [6.07, 6.45) is 1.10. The van der Waals surface area contributed by atoms with Crippen molar-refractivity contribution >= 4 is 56.5 Å². The maximum atomic E-state index is 12.1. The average molecular weight is 482 g/mol. The van der Waals surface area contributed by atoms with Crippen LogP contribution in [0.15, 0.2) is 62.7 Å². The van der Waals surface area contributed by atoms with Crippen molar-refractivity contribution in [2.45, 2.75) is 22.9 Å². The molecular weight excluding hydrogens is 464 g/mol. The third-order valence-corrected chi connectivity index (χ3v) is 6.72. The molecule has 3 rings (SSSR count). The molecule has 0 spiro atoms. The minimum atomic E-state index is -0.00118. The first kappa shape index (κ1) is 20.4. The van der Waals surface area contributed by atoms with Crippen LogP contribution in [0.25, 0.3) is 0 Å². The number of amides is 1. The number of halogens is 2. The molecule has 0 aliphatic carbocycles. The second-order valence-electron chi connectivity index (χ2n) is 5.92. The molecule has 1 amide bonds. The quantitative estimate of drug-likeness (QED) is 0.416. The van der Waals surface area contributed by atoms with Gasteiger partial charge in [0, 0.05) is 27.2 Å². The lowest BCUT2D eigenvalue weighted by Gasteiger charge is -2.04. The van der Waals surface area contributed by atoms with Crippen LogP contribution in [0.1, 0.15) is 16.8 Å². The standard InChI is InChI=1S/C20H18BrClN2OS2/c21-16-5-1-15(2-6-16)12-26-20-24-18(13-27-20)11-19(25)23-10-9-14-3-7-17(22)8-4-14/h1-8,13H,9-12H2,(H,23,25). The molecule has 0 fully saturated rings. The number of hydrogen-bond acceptors (Lipinski definition) is 4. The Balaban J connectivity index is 1.40. The lowest BCUT2D eigenvalue weighted by atomic mass is 10.1. The fourth-order valence-electron chi connectivity index (χ4n) is 2.39. The smallest absolute Gasteiger partial charge is 0.226 e. The Morgan fingerprint density at radius 2 is 1.81 bits per heavy atom. The van der Waals surface area contributed by atoms with E-state index in [9.17, 15) is 4.79 Å². The molecule has 3 aromatic rings. The number of benzene rings is 2. The molecule has 1 aromatic heterocycles. The molecule has 0 saturated heterocycles. The molecule has 0 saturated carbocycles. The first-order chi connectivity index (χ1) is 13.1. The highest BCUT2D eigenvalue weighted by Crippen LogP contribution is 2.27. The van der Waals surface area contributed by atoms with Gasteiger partial charge in [0.25, 0.3) is 0 Å². The van der Waals surface area contributed by atoms with Crippen molar-refractivity contribution < 1.29 is 4.79 Å². The van der Waals surface area contributed by atoms with Gasteiger partial charge >= 0.3 is 0 Å². The molecule has 0 unspecified atom stereocenters. The van der Waals surface area contributed by atoms with Gasteiger partial charge in [0.05, 0.1) is 12.1 Å². The average Bonchev–Trinajstić information content (AvgIpc) is 3.10. The Bertz CT molecular complexity index is 882. The van der Waals surface area contributed by atoms with Gasteiger partial charge in [0.15, 0.2) is 0 Å². The van der Waals surface area contributed by atoms with Crippen LogP contribution in [0.3, 0.4) is 0 Å². The number of carbonyl (C=O) groups excluding carboxylic acids is 1. The maximum Gasteiger partial charge on any atom is 0.226 e. The molecule has 2 aromatic carbocycles. The highest BCUT2D eigenvalue weighted by Gasteiger charge is 2.08. The Labute approximate surface area is 180 Å². The van der Waals surface area contributed by atoms with E-state index in [1.807, 2.05) is 41.8 Å². The Hall–Kier alpha value is -1.34. The number of aromatic nitrogens is 1. The van der Waals surface area contributed by atoms with Gasteiger partial charge in [-0.2, -0.15) is 0 Å². The first-order valence-corrected chi connectivity index (χ1v) is 11.4. The van der Waals surface area contributed by atoms with E-state index < -0.39 is 0 Å². The summed E-state index contributed by atoms with van der Waals surface area (Å²) in [6, 6.07) is 15.9.